The van der Waals surface area contributed by atoms with E-state index in [4.69, 9.17) is 8.92 Å². The van der Waals surface area contributed by atoms with E-state index in [0.29, 0.717) is 12.8 Å². The van der Waals surface area contributed by atoms with Gasteiger partial charge in [0, 0.05) is 11.8 Å². The van der Waals surface area contributed by atoms with Crippen molar-refractivity contribution in [2.75, 3.05) is 5.75 Å². The Hall–Kier alpha value is -2.70. The number of benzene rings is 3. The van der Waals surface area contributed by atoms with Crippen LogP contribution in [0.3, 0.4) is 0 Å². The maximum absolute atomic E-state index is 11.6. The molecule has 0 amide bonds. The number of carbonyl (C=O) groups is 1. The van der Waals surface area contributed by atoms with Crippen LogP contribution in [-0.4, -0.2) is 50.6 Å². The van der Waals surface area contributed by atoms with Crippen LogP contribution in [0.2, 0.25) is 0 Å². The second-order valence-corrected chi connectivity index (χ2v) is 22.0. The predicted molar refractivity (Wildman–Crippen MR) is 196 cm³/mol. The van der Waals surface area contributed by atoms with E-state index in [-0.39, 0.29) is 39.0 Å². The molecule has 3 fully saturated rings. The molecule has 5 atom stereocenters. The number of carbonyl (C=O) groups excluding carboxylic acids is 1. The fourth-order valence-electron chi connectivity index (χ4n) is 7.06. The highest BCUT2D eigenvalue weighted by molar-refractivity contribution is 7.97. The Morgan fingerprint density at radius 3 is 1.46 bits per heavy atom. The lowest BCUT2D eigenvalue weighted by molar-refractivity contribution is -0.152. The summed E-state index contributed by atoms with van der Waals surface area (Å²) in [7, 11) is -8.42. The fourth-order valence-corrected chi connectivity index (χ4v) is 11.3. The molecule has 272 valence electrons. The van der Waals surface area contributed by atoms with Crippen LogP contribution < -0.4 is 0 Å². The van der Waals surface area contributed by atoms with E-state index in [2.05, 4.69) is 135 Å². The molecular formula is C39H50O8S3. The minimum absolute atomic E-state index is 0.120. The largest absolute Gasteiger partial charge is 0.748 e. The molecule has 5 unspecified atom stereocenters. The van der Waals surface area contributed by atoms with Crippen LogP contribution in [-0.2, 0) is 61.1 Å². The molecule has 3 aromatic rings. The number of esters is 1. The molecule has 11 heteroatoms. The van der Waals surface area contributed by atoms with E-state index in [1.165, 1.54) is 31.4 Å². The van der Waals surface area contributed by atoms with Gasteiger partial charge in [0.25, 0.3) is 10.1 Å². The Morgan fingerprint density at radius 2 is 1.12 bits per heavy atom. The Labute approximate surface area is 301 Å². The van der Waals surface area contributed by atoms with E-state index < -0.39 is 49.4 Å². The van der Waals surface area contributed by atoms with Crippen LogP contribution in [0.1, 0.15) is 91.8 Å². The third-order valence-electron chi connectivity index (χ3n) is 9.84. The van der Waals surface area contributed by atoms with E-state index in [1.54, 1.807) is 0 Å². The van der Waals surface area contributed by atoms with E-state index in [0.717, 1.165) is 0 Å². The molecule has 0 N–H and O–H groups in total. The average Bonchev–Trinajstić information content (AvgIpc) is 3.61. The van der Waals surface area contributed by atoms with Gasteiger partial charge >= 0.3 is 5.97 Å². The standard InChI is InChI=1S/C30H39S.C9H12O8S2/c1-28(2,3)22-10-16-25(17-11-22)31(26-18-12-23(13-19-26)29(4,5)6)27-20-14-24(15-21-27)30(7,8)9;10-7(3-18(11,12)13)16-8-4-1-5-6(2-4)19(14,15)17-9(5)8/h10-21H,1-9H3;4-6,8-9H,1-3H2,(H,11,12,13)/q+1;/p-1. The predicted octanol–water partition coefficient (Wildman–Crippen LogP) is 7.25. The lowest BCUT2D eigenvalue weighted by Crippen LogP contribution is -2.38. The third kappa shape index (κ3) is 8.66. The van der Waals surface area contributed by atoms with Gasteiger partial charge in [-0.25, -0.2) is 8.42 Å². The molecule has 3 aliphatic rings. The van der Waals surface area contributed by atoms with Crippen LogP contribution >= 0.6 is 0 Å². The molecule has 1 saturated heterocycles. The Balaban J connectivity index is 0.000000217. The van der Waals surface area contributed by atoms with Gasteiger partial charge in [-0.3, -0.25) is 8.98 Å². The van der Waals surface area contributed by atoms with Gasteiger partial charge in [-0.05, 0) is 82.2 Å². The van der Waals surface area contributed by atoms with Gasteiger partial charge in [0.2, 0.25) is 0 Å². The molecule has 1 aliphatic heterocycles. The Kier molecular flexibility index (Phi) is 10.6. The highest BCUT2D eigenvalue weighted by Crippen LogP contribution is 2.55. The molecule has 3 aromatic carbocycles. The zero-order valence-corrected chi connectivity index (χ0v) is 32.9. The van der Waals surface area contributed by atoms with Crippen molar-refractivity contribution in [1.29, 1.82) is 0 Å². The Morgan fingerprint density at radius 1 is 0.740 bits per heavy atom. The summed E-state index contributed by atoms with van der Waals surface area (Å²) in [5.41, 5.74) is 4.64. The highest BCUT2D eigenvalue weighted by atomic mass is 32.2. The molecule has 0 spiro atoms. The SMILES string of the molecule is CC(C)(C)c1ccc([S+](c2ccc(C(C)(C)C)cc2)c2ccc(C(C)(C)C)cc2)cc1.O=C(CS(=O)(=O)[O-])OC1C2CC3C1OS(=O)(=O)C3C2. The maximum Gasteiger partial charge on any atom is 0.320 e. The average molecular weight is 743 g/mol. The number of hydrogen-bond donors (Lipinski definition) is 0. The molecular weight excluding hydrogens is 693 g/mol. The van der Waals surface area contributed by atoms with Gasteiger partial charge in [-0.1, -0.05) is 98.7 Å². The number of rotatable bonds is 6. The second-order valence-electron chi connectivity index (χ2n) is 16.8. The summed E-state index contributed by atoms with van der Waals surface area (Å²) in [6.07, 6.45) is -0.567. The van der Waals surface area contributed by atoms with Crippen molar-refractivity contribution in [2.45, 2.75) is 124 Å². The first-order chi connectivity index (χ1) is 22.9. The fraction of sp³-hybridized carbons (Fsp3) is 0.513. The Bertz CT molecular complexity index is 1760. The van der Waals surface area contributed by atoms with Crippen LogP contribution in [0.25, 0.3) is 0 Å². The summed E-state index contributed by atoms with van der Waals surface area (Å²) < 4.78 is 64.5. The summed E-state index contributed by atoms with van der Waals surface area (Å²) in [5.74, 6) is -2.74. The van der Waals surface area contributed by atoms with Crippen LogP contribution in [0.4, 0.5) is 0 Å². The van der Waals surface area contributed by atoms with Gasteiger partial charge < -0.3 is 9.29 Å². The number of ether oxygens (including phenoxy) is 1. The molecule has 0 radical (unpaired) electrons. The lowest BCUT2D eigenvalue weighted by Gasteiger charge is -2.25. The summed E-state index contributed by atoms with van der Waals surface area (Å²) >= 11 is 0. The van der Waals surface area contributed by atoms with Gasteiger partial charge in [0.1, 0.15) is 28.1 Å². The normalized spacial score (nSPS) is 24.2. The second kappa shape index (κ2) is 13.7. The minimum atomic E-state index is -4.70. The summed E-state index contributed by atoms with van der Waals surface area (Å²) in [5, 5.41) is -0.541. The molecule has 0 aromatic heterocycles. The smallest absolute Gasteiger partial charge is 0.320 e. The third-order valence-corrected chi connectivity index (χ3v) is 14.4. The highest BCUT2D eigenvalue weighted by Gasteiger charge is 2.65. The first-order valence-corrected chi connectivity index (χ1v) is 21.3. The first kappa shape index (κ1) is 38.5. The zero-order valence-electron chi connectivity index (χ0n) is 30.4. The van der Waals surface area contributed by atoms with E-state index >= 15 is 0 Å². The van der Waals surface area contributed by atoms with Crippen molar-refractivity contribution in [3.05, 3.63) is 89.5 Å². The van der Waals surface area contributed by atoms with Crippen LogP contribution in [0, 0.1) is 11.8 Å². The van der Waals surface area contributed by atoms with E-state index in [9.17, 15) is 26.2 Å². The van der Waals surface area contributed by atoms with Crippen molar-refractivity contribution < 1.29 is 35.1 Å². The minimum Gasteiger partial charge on any atom is -0.748 e. The number of hydrogen-bond acceptors (Lipinski definition) is 8. The molecule has 50 heavy (non-hydrogen) atoms. The van der Waals surface area contributed by atoms with Crippen molar-refractivity contribution in [1.82, 2.24) is 0 Å². The van der Waals surface area contributed by atoms with Gasteiger partial charge in [0.05, 0.1) is 16.1 Å². The quantitative estimate of drug-likeness (QED) is 0.112. The molecule has 2 saturated carbocycles. The monoisotopic (exact) mass is 742 g/mol. The van der Waals surface area contributed by atoms with E-state index in [1.807, 2.05) is 0 Å². The zero-order chi connectivity index (χ0) is 37.0. The molecule has 6 rings (SSSR count). The molecule has 2 aliphatic carbocycles. The lowest BCUT2D eigenvalue weighted by atomic mass is 9.87. The maximum atomic E-state index is 11.6. The summed E-state index contributed by atoms with van der Waals surface area (Å²) in [4.78, 5) is 15.4. The topological polar surface area (TPSA) is 127 Å². The molecule has 2 bridgehead atoms. The molecule has 8 nitrogen and oxygen atoms in total. The molecule has 1 heterocycles. The van der Waals surface area contributed by atoms with Gasteiger partial charge in [-0.15, -0.1) is 0 Å². The van der Waals surface area contributed by atoms with Crippen molar-refractivity contribution in [2.24, 2.45) is 11.8 Å². The van der Waals surface area contributed by atoms with Crippen molar-refractivity contribution in [3.8, 4) is 0 Å². The van der Waals surface area contributed by atoms with Crippen LogP contribution in [0.5, 0.6) is 0 Å². The number of fused-ring (bicyclic) bond motifs is 1. The summed E-state index contributed by atoms with van der Waals surface area (Å²) in [6.45, 7) is 20.5. The first-order valence-electron chi connectivity index (χ1n) is 17.1. The van der Waals surface area contributed by atoms with Crippen molar-refractivity contribution >= 4 is 37.1 Å². The van der Waals surface area contributed by atoms with Crippen molar-refractivity contribution in [3.63, 3.8) is 0 Å². The van der Waals surface area contributed by atoms with Gasteiger partial charge in [0.15, 0.2) is 14.7 Å². The van der Waals surface area contributed by atoms with Gasteiger partial charge in [-0.2, -0.15) is 8.42 Å². The summed E-state index contributed by atoms with van der Waals surface area (Å²) in [6, 6.07) is 27.8. The van der Waals surface area contributed by atoms with Crippen LogP contribution in [0.15, 0.2) is 87.5 Å².